The molecular weight excluding hydrogens is 216 g/mol. The molecule has 2 saturated heterocycles. The van der Waals surface area contributed by atoms with Gasteiger partial charge in [0.15, 0.2) is 0 Å². The molecule has 1 aliphatic carbocycles. The van der Waals surface area contributed by atoms with Crippen molar-refractivity contribution in [1.82, 2.24) is 10.6 Å². The molecule has 0 aromatic carbocycles. The van der Waals surface area contributed by atoms with Gasteiger partial charge in [-0.05, 0) is 58.9 Å². The monoisotopic (exact) mass is 240 g/mol. The predicted octanol–water partition coefficient (Wildman–Crippen LogP) is 2.04. The Balaban J connectivity index is 1.79. The van der Waals surface area contributed by atoms with Crippen LogP contribution >= 0.6 is 0 Å². The van der Waals surface area contributed by atoms with Gasteiger partial charge in [-0.25, -0.2) is 4.79 Å². The van der Waals surface area contributed by atoms with E-state index in [2.05, 4.69) is 10.6 Å². The summed E-state index contributed by atoms with van der Waals surface area (Å²) in [4.78, 5) is 11.6. The fourth-order valence-corrected chi connectivity index (χ4v) is 2.77. The number of alkyl carbamates (subject to hydrolysis) is 1. The maximum atomic E-state index is 11.6. The summed E-state index contributed by atoms with van der Waals surface area (Å²) in [6, 6.07) is 0. The Bertz CT molecular complexity index is 275. The Labute approximate surface area is 103 Å². The van der Waals surface area contributed by atoms with Crippen molar-refractivity contribution in [2.45, 2.75) is 57.6 Å². The number of fused-ring (bicyclic) bond motifs is 3. The molecule has 1 saturated carbocycles. The van der Waals surface area contributed by atoms with Gasteiger partial charge < -0.3 is 15.4 Å². The molecule has 0 radical (unpaired) electrons. The summed E-state index contributed by atoms with van der Waals surface area (Å²) < 4.78 is 5.25. The standard InChI is InChI=1S/C13H24N2O2/c1-12(2,3)17-11(16)14-9-13-6-4-10(5-7-13)8-15-13/h10,15H,4-9H2,1-3H3,(H,14,16). The summed E-state index contributed by atoms with van der Waals surface area (Å²) in [6.45, 7) is 7.45. The summed E-state index contributed by atoms with van der Waals surface area (Å²) in [6.07, 6.45) is 4.63. The third kappa shape index (κ3) is 3.35. The van der Waals surface area contributed by atoms with Crippen LogP contribution in [-0.4, -0.2) is 30.3 Å². The summed E-state index contributed by atoms with van der Waals surface area (Å²) >= 11 is 0. The molecule has 3 rings (SSSR count). The molecule has 0 aromatic rings. The number of amides is 1. The topological polar surface area (TPSA) is 50.4 Å². The molecule has 0 spiro atoms. The first-order chi connectivity index (χ1) is 7.89. The molecule has 2 bridgehead atoms. The van der Waals surface area contributed by atoms with Crippen LogP contribution in [0.1, 0.15) is 46.5 Å². The van der Waals surface area contributed by atoms with E-state index in [0.29, 0.717) is 6.54 Å². The van der Waals surface area contributed by atoms with Gasteiger partial charge in [-0.15, -0.1) is 0 Å². The molecule has 2 N–H and O–H groups in total. The molecule has 3 fully saturated rings. The summed E-state index contributed by atoms with van der Waals surface area (Å²) in [5.41, 5.74) is -0.287. The average molecular weight is 240 g/mol. The van der Waals surface area contributed by atoms with Gasteiger partial charge in [-0.2, -0.15) is 0 Å². The summed E-state index contributed by atoms with van der Waals surface area (Å²) in [5, 5.41) is 6.48. The minimum absolute atomic E-state index is 0.131. The first kappa shape index (κ1) is 12.7. The molecule has 1 amide bonds. The van der Waals surface area contributed by atoms with Crippen LogP contribution in [0.2, 0.25) is 0 Å². The summed E-state index contributed by atoms with van der Waals surface area (Å²) in [5.74, 6) is 0.860. The van der Waals surface area contributed by atoms with E-state index in [1.807, 2.05) is 20.8 Å². The SMILES string of the molecule is CC(C)(C)OC(=O)NCC12CCC(CC1)CN2. The van der Waals surface area contributed by atoms with Crippen LogP contribution in [0.3, 0.4) is 0 Å². The van der Waals surface area contributed by atoms with Crippen LogP contribution in [0, 0.1) is 5.92 Å². The fraction of sp³-hybridized carbons (Fsp3) is 0.923. The molecule has 0 aromatic heterocycles. The van der Waals surface area contributed by atoms with Gasteiger partial charge in [-0.3, -0.25) is 0 Å². The number of piperidine rings is 2. The molecule has 3 aliphatic rings. The zero-order valence-corrected chi connectivity index (χ0v) is 11.1. The van der Waals surface area contributed by atoms with Crippen molar-refractivity contribution in [3.63, 3.8) is 0 Å². The Kier molecular flexibility index (Phi) is 3.34. The van der Waals surface area contributed by atoms with Crippen molar-refractivity contribution in [3.8, 4) is 0 Å². The van der Waals surface area contributed by atoms with Crippen molar-refractivity contribution in [2.24, 2.45) is 5.92 Å². The van der Waals surface area contributed by atoms with Gasteiger partial charge in [0.25, 0.3) is 0 Å². The third-order valence-electron chi connectivity index (χ3n) is 3.80. The number of rotatable bonds is 2. The highest BCUT2D eigenvalue weighted by atomic mass is 16.6. The molecule has 4 heteroatoms. The van der Waals surface area contributed by atoms with Gasteiger partial charge in [-0.1, -0.05) is 0 Å². The number of carbonyl (C=O) groups is 1. The number of nitrogens with one attached hydrogen (secondary N) is 2. The smallest absolute Gasteiger partial charge is 0.407 e. The van der Waals surface area contributed by atoms with E-state index in [1.165, 1.54) is 25.7 Å². The number of carbonyl (C=O) groups excluding carboxylic acids is 1. The predicted molar refractivity (Wildman–Crippen MR) is 66.9 cm³/mol. The van der Waals surface area contributed by atoms with Gasteiger partial charge >= 0.3 is 6.09 Å². The largest absolute Gasteiger partial charge is 0.444 e. The highest BCUT2D eigenvalue weighted by Gasteiger charge is 2.40. The van der Waals surface area contributed by atoms with E-state index in [4.69, 9.17) is 4.74 Å². The minimum atomic E-state index is -0.417. The van der Waals surface area contributed by atoms with Crippen LogP contribution in [0.5, 0.6) is 0 Å². The zero-order chi connectivity index (χ0) is 12.5. The first-order valence-corrected chi connectivity index (χ1v) is 6.60. The van der Waals surface area contributed by atoms with Crippen LogP contribution in [-0.2, 0) is 4.74 Å². The molecule has 4 nitrogen and oxygen atoms in total. The van der Waals surface area contributed by atoms with Gasteiger partial charge in [0, 0.05) is 12.1 Å². The lowest BCUT2D eigenvalue weighted by atomic mass is 9.72. The Morgan fingerprint density at radius 3 is 2.53 bits per heavy atom. The zero-order valence-electron chi connectivity index (χ0n) is 11.1. The number of hydrogen-bond donors (Lipinski definition) is 2. The van der Waals surface area contributed by atoms with E-state index in [0.717, 1.165) is 12.5 Å². The molecular formula is C13H24N2O2. The van der Waals surface area contributed by atoms with Crippen molar-refractivity contribution in [1.29, 1.82) is 0 Å². The molecule has 0 unspecified atom stereocenters. The maximum absolute atomic E-state index is 11.6. The number of ether oxygens (including phenoxy) is 1. The first-order valence-electron chi connectivity index (χ1n) is 6.60. The molecule has 17 heavy (non-hydrogen) atoms. The highest BCUT2D eigenvalue weighted by Crippen LogP contribution is 2.36. The molecule has 0 atom stereocenters. The lowest BCUT2D eigenvalue weighted by Gasteiger charge is -2.47. The van der Waals surface area contributed by atoms with E-state index in [-0.39, 0.29) is 11.6 Å². The normalized spacial score (nSPS) is 32.3. The van der Waals surface area contributed by atoms with E-state index in [9.17, 15) is 4.79 Å². The van der Waals surface area contributed by atoms with Gasteiger partial charge in [0.1, 0.15) is 5.60 Å². The second-order valence-electron chi connectivity index (χ2n) is 6.46. The summed E-state index contributed by atoms with van der Waals surface area (Å²) in [7, 11) is 0. The fourth-order valence-electron chi connectivity index (χ4n) is 2.77. The van der Waals surface area contributed by atoms with Crippen LogP contribution in [0.4, 0.5) is 4.79 Å². The van der Waals surface area contributed by atoms with E-state index >= 15 is 0 Å². The van der Waals surface area contributed by atoms with Gasteiger partial charge in [0.05, 0.1) is 0 Å². The second kappa shape index (κ2) is 4.48. The van der Waals surface area contributed by atoms with Crippen molar-refractivity contribution in [2.75, 3.05) is 13.1 Å². The van der Waals surface area contributed by atoms with Crippen molar-refractivity contribution in [3.05, 3.63) is 0 Å². The van der Waals surface area contributed by atoms with Crippen LogP contribution in [0.15, 0.2) is 0 Å². The Hall–Kier alpha value is -0.770. The van der Waals surface area contributed by atoms with Crippen molar-refractivity contribution >= 4 is 6.09 Å². The minimum Gasteiger partial charge on any atom is -0.444 e. The average Bonchev–Trinajstić information content (AvgIpc) is 2.27. The van der Waals surface area contributed by atoms with Crippen LogP contribution < -0.4 is 10.6 Å². The van der Waals surface area contributed by atoms with E-state index < -0.39 is 5.60 Å². The Morgan fingerprint density at radius 1 is 1.41 bits per heavy atom. The number of hydrogen-bond acceptors (Lipinski definition) is 3. The maximum Gasteiger partial charge on any atom is 0.407 e. The second-order valence-corrected chi connectivity index (χ2v) is 6.46. The van der Waals surface area contributed by atoms with Crippen LogP contribution in [0.25, 0.3) is 0 Å². The quantitative estimate of drug-likeness (QED) is 0.776. The Morgan fingerprint density at radius 2 is 2.06 bits per heavy atom. The molecule has 98 valence electrons. The third-order valence-corrected chi connectivity index (χ3v) is 3.80. The highest BCUT2D eigenvalue weighted by molar-refractivity contribution is 5.67. The lowest BCUT2D eigenvalue weighted by Crippen LogP contribution is -2.61. The molecule has 2 heterocycles. The van der Waals surface area contributed by atoms with E-state index in [1.54, 1.807) is 0 Å². The van der Waals surface area contributed by atoms with Crippen molar-refractivity contribution < 1.29 is 9.53 Å². The van der Waals surface area contributed by atoms with Gasteiger partial charge in [0.2, 0.25) is 0 Å². The molecule has 2 aliphatic heterocycles. The lowest BCUT2D eigenvalue weighted by molar-refractivity contribution is 0.0468.